The van der Waals surface area contributed by atoms with Crippen LogP contribution < -0.4 is 5.32 Å². The molecule has 1 aliphatic heterocycles. The molecule has 7 heteroatoms. The minimum Gasteiger partial charge on any atom is -0.356 e. The smallest absolute Gasteiger partial charge is 0.225 e. The van der Waals surface area contributed by atoms with Gasteiger partial charge >= 0.3 is 0 Å². The van der Waals surface area contributed by atoms with Crippen LogP contribution in [0.3, 0.4) is 0 Å². The first kappa shape index (κ1) is 17.7. The number of nitrogens with one attached hydrogen (secondary N) is 1. The summed E-state index contributed by atoms with van der Waals surface area (Å²) in [6, 6.07) is 5.90. The second kappa shape index (κ2) is 7.82. The van der Waals surface area contributed by atoms with Crippen molar-refractivity contribution >= 4 is 23.2 Å². The van der Waals surface area contributed by atoms with Gasteiger partial charge < -0.3 is 10.2 Å². The predicted octanol–water partition coefficient (Wildman–Crippen LogP) is 2.23. The summed E-state index contributed by atoms with van der Waals surface area (Å²) in [4.78, 5) is 27.8. The topological polar surface area (TPSA) is 67.2 Å². The van der Waals surface area contributed by atoms with Gasteiger partial charge in [-0.2, -0.15) is 5.10 Å². The maximum Gasteiger partial charge on any atom is 0.225 e. The van der Waals surface area contributed by atoms with Crippen molar-refractivity contribution in [2.75, 3.05) is 13.1 Å². The number of aromatic nitrogens is 2. The van der Waals surface area contributed by atoms with E-state index in [2.05, 4.69) is 16.5 Å². The molecule has 1 aliphatic rings. The van der Waals surface area contributed by atoms with Crippen molar-refractivity contribution in [3.63, 3.8) is 0 Å². The molecule has 6 nitrogen and oxygen atoms in total. The molecule has 134 valence electrons. The third-order valence-corrected chi connectivity index (χ3v) is 5.32. The van der Waals surface area contributed by atoms with E-state index in [9.17, 15) is 9.59 Å². The average molecular weight is 360 g/mol. The van der Waals surface area contributed by atoms with Crippen LogP contribution in [0, 0.1) is 5.92 Å². The Bertz CT molecular complexity index is 723. The Morgan fingerprint density at radius 3 is 2.96 bits per heavy atom. The number of hydrogen-bond acceptors (Lipinski definition) is 4. The highest BCUT2D eigenvalue weighted by atomic mass is 32.1. The summed E-state index contributed by atoms with van der Waals surface area (Å²) in [6.07, 6.45) is 2.92. The van der Waals surface area contributed by atoms with E-state index in [0.29, 0.717) is 26.1 Å². The predicted molar refractivity (Wildman–Crippen MR) is 97.2 cm³/mol. The molecule has 3 rings (SSSR count). The minimum absolute atomic E-state index is 0.00171. The Labute approximate surface area is 151 Å². The minimum atomic E-state index is -0.108. The normalized spacial score (nSPS) is 16.8. The third kappa shape index (κ3) is 4.28. The molecule has 0 saturated heterocycles. The van der Waals surface area contributed by atoms with E-state index < -0.39 is 0 Å². The van der Waals surface area contributed by atoms with Crippen LogP contribution in [-0.2, 0) is 22.6 Å². The van der Waals surface area contributed by atoms with E-state index in [1.54, 1.807) is 17.5 Å². The second-order valence-electron chi connectivity index (χ2n) is 6.68. The average Bonchev–Trinajstić information content (AvgIpc) is 3.25. The molecule has 1 unspecified atom stereocenters. The lowest BCUT2D eigenvalue weighted by atomic mass is 10.1. The maximum atomic E-state index is 12.4. The lowest BCUT2D eigenvalue weighted by molar-refractivity contribution is -0.137. The molecule has 0 spiro atoms. The first-order valence-electron chi connectivity index (χ1n) is 8.65. The number of rotatable bonds is 6. The second-order valence-corrected chi connectivity index (χ2v) is 7.71. The summed E-state index contributed by atoms with van der Waals surface area (Å²) in [5, 5.41) is 9.37. The van der Waals surface area contributed by atoms with Crippen LogP contribution in [0.15, 0.2) is 29.8 Å². The summed E-state index contributed by atoms with van der Waals surface area (Å²) in [7, 11) is 0. The number of thiophene rings is 1. The van der Waals surface area contributed by atoms with Crippen LogP contribution in [-0.4, -0.2) is 39.6 Å². The van der Waals surface area contributed by atoms with Crippen molar-refractivity contribution in [2.45, 2.75) is 39.3 Å². The van der Waals surface area contributed by atoms with Crippen molar-refractivity contribution in [1.29, 1.82) is 0 Å². The van der Waals surface area contributed by atoms with Crippen molar-refractivity contribution in [1.82, 2.24) is 20.0 Å². The Kier molecular flexibility index (Phi) is 5.53. The highest BCUT2D eigenvalue weighted by Crippen LogP contribution is 2.24. The Morgan fingerprint density at radius 2 is 2.24 bits per heavy atom. The fourth-order valence-corrected chi connectivity index (χ4v) is 3.85. The summed E-state index contributed by atoms with van der Waals surface area (Å²) in [5.41, 5.74) is 0.983. The molecule has 2 aromatic rings. The Morgan fingerprint density at radius 1 is 1.40 bits per heavy atom. The molecule has 0 aliphatic carbocycles. The number of fused-ring (bicyclic) bond motifs is 1. The Balaban J connectivity index is 1.58. The van der Waals surface area contributed by atoms with Gasteiger partial charge in [0.2, 0.25) is 11.8 Å². The van der Waals surface area contributed by atoms with Gasteiger partial charge in [-0.15, -0.1) is 11.3 Å². The van der Waals surface area contributed by atoms with Gasteiger partial charge in [0.1, 0.15) is 0 Å². The van der Waals surface area contributed by atoms with E-state index in [0.717, 1.165) is 12.1 Å². The van der Waals surface area contributed by atoms with Gasteiger partial charge in [0, 0.05) is 30.1 Å². The zero-order chi connectivity index (χ0) is 17.8. The first-order valence-corrected chi connectivity index (χ1v) is 9.53. The quantitative estimate of drug-likeness (QED) is 0.859. The van der Waals surface area contributed by atoms with Crippen molar-refractivity contribution in [2.24, 2.45) is 5.92 Å². The van der Waals surface area contributed by atoms with Gasteiger partial charge in [-0.1, -0.05) is 19.9 Å². The van der Waals surface area contributed by atoms with Crippen molar-refractivity contribution < 1.29 is 9.59 Å². The zero-order valence-electron chi connectivity index (χ0n) is 14.6. The lowest BCUT2D eigenvalue weighted by Crippen LogP contribution is -2.44. The van der Waals surface area contributed by atoms with Gasteiger partial charge in [0.05, 0.1) is 24.7 Å². The fourth-order valence-electron chi connectivity index (χ4n) is 3.14. The molecular formula is C18H24N4O2S. The maximum absolute atomic E-state index is 12.4. The summed E-state index contributed by atoms with van der Waals surface area (Å²) in [6.45, 7) is 5.53. The van der Waals surface area contributed by atoms with Crippen molar-refractivity contribution in [3.8, 4) is 0 Å². The van der Waals surface area contributed by atoms with Gasteiger partial charge in [0.25, 0.3) is 0 Å². The van der Waals surface area contributed by atoms with Gasteiger partial charge in [-0.25, -0.2) is 0 Å². The van der Waals surface area contributed by atoms with Crippen LogP contribution in [0.4, 0.5) is 0 Å². The third-order valence-electron chi connectivity index (χ3n) is 4.38. The van der Waals surface area contributed by atoms with Crippen LogP contribution in [0.2, 0.25) is 0 Å². The molecule has 3 heterocycles. The van der Waals surface area contributed by atoms with E-state index in [-0.39, 0.29) is 23.8 Å². The number of hydrogen-bond donors (Lipinski definition) is 1. The molecular weight excluding hydrogens is 336 g/mol. The molecule has 0 saturated carbocycles. The standard InChI is InChI=1S/C18H24N4O2S/c1-13(2)18(24)21-11-14-5-8-20-22(14)15(12-21)10-17(23)19-7-6-16-4-3-9-25-16/h3-5,8-9,13,15H,6-7,10-12H2,1-2H3,(H,19,23). The Hall–Kier alpha value is -2.15. The number of carbonyl (C=O) groups excluding carboxylic acids is 2. The molecule has 0 fully saturated rings. The van der Waals surface area contributed by atoms with Crippen LogP contribution in [0.1, 0.15) is 36.9 Å². The summed E-state index contributed by atoms with van der Waals surface area (Å²) < 4.78 is 1.89. The molecule has 25 heavy (non-hydrogen) atoms. The molecule has 0 bridgehead atoms. The van der Waals surface area contributed by atoms with Gasteiger partial charge in [-0.3, -0.25) is 14.3 Å². The largest absolute Gasteiger partial charge is 0.356 e. The van der Waals surface area contributed by atoms with E-state index in [1.807, 2.05) is 40.9 Å². The number of nitrogens with zero attached hydrogens (tertiary/aromatic N) is 3. The van der Waals surface area contributed by atoms with Gasteiger partial charge in [0.15, 0.2) is 0 Å². The number of carbonyl (C=O) groups is 2. The number of amides is 2. The molecule has 2 aromatic heterocycles. The fraction of sp³-hybridized carbons (Fsp3) is 0.500. The molecule has 0 radical (unpaired) electrons. The van der Waals surface area contributed by atoms with E-state index in [4.69, 9.17) is 0 Å². The highest BCUT2D eigenvalue weighted by Gasteiger charge is 2.30. The molecule has 1 atom stereocenters. The van der Waals surface area contributed by atoms with Crippen molar-refractivity contribution in [3.05, 3.63) is 40.3 Å². The van der Waals surface area contributed by atoms with Crippen LogP contribution >= 0.6 is 11.3 Å². The monoisotopic (exact) mass is 360 g/mol. The molecule has 1 N–H and O–H groups in total. The molecule has 0 aromatic carbocycles. The first-order chi connectivity index (χ1) is 12.0. The van der Waals surface area contributed by atoms with E-state index >= 15 is 0 Å². The highest BCUT2D eigenvalue weighted by molar-refractivity contribution is 7.09. The summed E-state index contributed by atoms with van der Waals surface area (Å²) in [5.74, 6) is 0.0761. The summed E-state index contributed by atoms with van der Waals surface area (Å²) >= 11 is 1.70. The van der Waals surface area contributed by atoms with Gasteiger partial charge in [-0.05, 0) is 23.9 Å². The lowest BCUT2D eigenvalue weighted by Gasteiger charge is -2.34. The van der Waals surface area contributed by atoms with Crippen LogP contribution in [0.25, 0.3) is 0 Å². The molecule has 2 amide bonds. The van der Waals surface area contributed by atoms with E-state index in [1.165, 1.54) is 4.88 Å². The SMILES string of the molecule is CC(C)C(=O)N1Cc2ccnn2C(CC(=O)NCCc2cccs2)C1. The van der Waals surface area contributed by atoms with Crippen LogP contribution in [0.5, 0.6) is 0 Å². The zero-order valence-corrected chi connectivity index (χ0v) is 15.5.